The van der Waals surface area contributed by atoms with E-state index in [1.54, 1.807) is 38.5 Å². The lowest BCUT2D eigenvalue weighted by molar-refractivity contribution is -0.133. The molecule has 4 rings (SSSR count). The van der Waals surface area contributed by atoms with E-state index in [0.717, 1.165) is 11.1 Å². The fourth-order valence-corrected chi connectivity index (χ4v) is 5.95. The summed E-state index contributed by atoms with van der Waals surface area (Å²) in [5.74, 6) is -1.17. The molecule has 0 spiro atoms. The van der Waals surface area contributed by atoms with E-state index in [0.29, 0.717) is 36.5 Å². The van der Waals surface area contributed by atoms with Crippen LogP contribution in [0.25, 0.3) is 0 Å². The summed E-state index contributed by atoms with van der Waals surface area (Å²) in [5.41, 5.74) is 2.02. The minimum absolute atomic E-state index is 0.00581. The molecule has 0 saturated carbocycles. The van der Waals surface area contributed by atoms with Gasteiger partial charge < -0.3 is 40.8 Å². The molecule has 284 valence electrons. The maximum absolute atomic E-state index is 13.7. The standard InChI is InChI=1S/C40H51N5O8/c1-26(2)22-30-40(50)45-31(23-27-12-6-5-7-13-27)38(48)42-20-11-21-53-33-16-9-8-15-29(33)37(47)44-32(25-36(46)43-30)39(49)41-19-10-14-28-17-18-34(51-3)35(24-28)52-4/h5-9,12-13,15-18,24,26,30-32H,10-11,14,19-23,25H2,1-4H3,(H,41,49)(H,42,48)(H,43,46)(H,44,47)(H,45,50)/t30-,31+,32+/m1/s1. The molecule has 0 radical (unpaired) electrons. The van der Waals surface area contributed by atoms with Crippen LogP contribution in [-0.4, -0.2) is 81.6 Å². The number of para-hydroxylation sites is 1. The first-order valence-electron chi connectivity index (χ1n) is 18.0. The van der Waals surface area contributed by atoms with Crippen LogP contribution in [0.3, 0.4) is 0 Å². The van der Waals surface area contributed by atoms with E-state index in [1.807, 2.05) is 62.4 Å². The van der Waals surface area contributed by atoms with E-state index >= 15 is 0 Å². The van der Waals surface area contributed by atoms with E-state index in [2.05, 4.69) is 26.6 Å². The van der Waals surface area contributed by atoms with Crippen molar-refractivity contribution in [1.29, 1.82) is 0 Å². The average molecular weight is 730 g/mol. The molecule has 0 bridgehead atoms. The third kappa shape index (κ3) is 12.5. The van der Waals surface area contributed by atoms with Gasteiger partial charge in [-0.1, -0.05) is 62.4 Å². The highest BCUT2D eigenvalue weighted by atomic mass is 16.5. The Morgan fingerprint density at radius 3 is 2.32 bits per heavy atom. The van der Waals surface area contributed by atoms with Crippen molar-refractivity contribution in [3.63, 3.8) is 0 Å². The number of rotatable bonds is 11. The summed E-state index contributed by atoms with van der Waals surface area (Å²) in [6.07, 6.45) is 1.70. The lowest BCUT2D eigenvalue weighted by atomic mass is 10.0. The maximum Gasteiger partial charge on any atom is 0.255 e. The van der Waals surface area contributed by atoms with Crippen molar-refractivity contribution in [2.24, 2.45) is 5.92 Å². The summed E-state index contributed by atoms with van der Waals surface area (Å²) >= 11 is 0. The highest BCUT2D eigenvalue weighted by Crippen LogP contribution is 2.28. The second-order valence-corrected chi connectivity index (χ2v) is 13.3. The number of nitrogens with one attached hydrogen (secondary N) is 5. The molecule has 53 heavy (non-hydrogen) atoms. The van der Waals surface area contributed by atoms with E-state index in [4.69, 9.17) is 14.2 Å². The van der Waals surface area contributed by atoms with Gasteiger partial charge in [-0.3, -0.25) is 24.0 Å². The van der Waals surface area contributed by atoms with Crippen LogP contribution < -0.4 is 40.8 Å². The maximum atomic E-state index is 13.7. The number of methoxy groups -OCH3 is 2. The topological polar surface area (TPSA) is 173 Å². The zero-order valence-electron chi connectivity index (χ0n) is 30.9. The van der Waals surface area contributed by atoms with Crippen molar-refractivity contribution in [1.82, 2.24) is 26.6 Å². The lowest BCUT2D eigenvalue weighted by Gasteiger charge is -2.25. The fourth-order valence-electron chi connectivity index (χ4n) is 5.95. The van der Waals surface area contributed by atoms with Gasteiger partial charge in [0.15, 0.2) is 11.5 Å². The second kappa shape index (κ2) is 20.4. The highest BCUT2D eigenvalue weighted by Gasteiger charge is 2.31. The van der Waals surface area contributed by atoms with E-state index < -0.39 is 48.2 Å². The van der Waals surface area contributed by atoms with Crippen LogP contribution in [0.15, 0.2) is 72.8 Å². The number of carbonyl (C=O) groups is 5. The van der Waals surface area contributed by atoms with Crippen molar-refractivity contribution >= 4 is 29.5 Å². The summed E-state index contributed by atoms with van der Waals surface area (Å²) < 4.78 is 16.6. The summed E-state index contributed by atoms with van der Waals surface area (Å²) in [6.45, 7) is 4.54. The smallest absolute Gasteiger partial charge is 0.255 e. The Bertz CT molecular complexity index is 1700. The SMILES string of the molecule is COc1ccc(CCCNC(=O)[C@@H]2CC(=O)N[C@H](CC(C)C)C(=O)N[C@@H](Cc3ccccc3)C(=O)NCCCOc3ccccc3C(=O)N2)cc1OC. The van der Waals surface area contributed by atoms with Crippen LogP contribution >= 0.6 is 0 Å². The van der Waals surface area contributed by atoms with Gasteiger partial charge in [-0.05, 0) is 67.0 Å². The van der Waals surface area contributed by atoms with Gasteiger partial charge in [-0.15, -0.1) is 0 Å². The predicted octanol–water partition coefficient (Wildman–Crippen LogP) is 3.10. The Balaban J connectivity index is 1.54. The molecular formula is C40H51N5O8. The van der Waals surface area contributed by atoms with Crippen LogP contribution in [0, 0.1) is 5.92 Å². The van der Waals surface area contributed by atoms with E-state index in [-0.39, 0.29) is 49.9 Å². The molecule has 0 saturated heterocycles. The second-order valence-electron chi connectivity index (χ2n) is 13.3. The summed E-state index contributed by atoms with van der Waals surface area (Å²) in [4.78, 5) is 67.9. The fraction of sp³-hybridized carbons (Fsp3) is 0.425. The quantitative estimate of drug-likeness (QED) is 0.187. The first-order valence-corrected chi connectivity index (χ1v) is 18.0. The Kier molecular flexibility index (Phi) is 15.5. The predicted molar refractivity (Wildman–Crippen MR) is 200 cm³/mol. The first-order chi connectivity index (χ1) is 25.6. The highest BCUT2D eigenvalue weighted by molar-refractivity contribution is 6.01. The molecule has 3 atom stereocenters. The lowest BCUT2D eigenvalue weighted by Crippen LogP contribution is -2.56. The number of benzene rings is 3. The number of amides is 5. The molecule has 1 aliphatic rings. The molecule has 3 aromatic carbocycles. The molecule has 0 unspecified atom stereocenters. The number of fused-ring (bicyclic) bond motifs is 1. The van der Waals surface area contributed by atoms with Gasteiger partial charge in [-0.25, -0.2) is 0 Å². The molecule has 13 heteroatoms. The number of carbonyl (C=O) groups excluding carboxylic acids is 5. The van der Waals surface area contributed by atoms with Gasteiger partial charge in [-0.2, -0.15) is 0 Å². The molecule has 1 aliphatic heterocycles. The third-order valence-corrected chi connectivity index (χ3v) is 8.68. The van der Waals surface area contributed by atoms with Crippen molar-refractivity contribution in [2.45, 2.75) is 70.5 Å². The zero-order chi connectivity index (χ0) is 38.2. The van der Waals surface area contributed by atoms with E-state index in [9.17, 15) is 24.0 Å². The third-order valence-electron chi connectivity index (χ3n) is 8.68. The van der Waals surface area contributed by atoms with Crippen molar-refractivity contribution in [2.75, 3.05) is 33.9 Å². The van der Waals surface area contributed by atoms with Crippen LogP contribution in [0.4, 0.5) is 0 Å². The molecule has 0 aromatic heterocycles. The van der Waals surface area contributed by atoms with Crippen LogP contribution in [0.2, 0.25) is 0 Å². The number of hydrogen-bond donors (Lipinski definition) is 5. The van der Waals surface area contributed by atoms with Gasteiger partial charge in [0.2, 0.25) is 23.6 Å². The average Bonchev–Trinajstić information content (AvgIpc) is 3.15. The summed E-state index contributed by atoms with van der Waals surface area (Å²) in [5, 5.41) is 14.1. The van der Waals surface area contributed by atoms with Gasteiger partial charge in [0.25, 0.3) is 5.91 Å². The Labute approximate surface area is 310 Å². The Morgan fingerprint density at radius 1 is 0.849 bits per heavy atom. The zero-order valence-corrected chi connectivity index (χ0v) is 30.9. The molecule has 1 heterocycles. The molecular weight excluding hydrogens is 678 g/mol. The molecule has 0 fully saturated rings. The first kappa shape index (κ1) is 40.2. The number of aryl methyl sites for hydroxylation is 1. The van der Waals surface area contributed by atoms with Crippen LogP contribution in [0.5, 0.6) is 17.2 Å². The van der Waals surface area contributed by atoms with Crippen LogP contribution in [-0.2, 0) is 32.0 Å². The minimum Gasteiger partial charge on any atom is -0.493 e. The molecule has 0 aliphatic carbocycles. The molecule has 13 nitrogen and oxygen atoms in total. The van der Waals surface area contributed by atoms with Gasteiger partial charge in [0, 0.05) is 19.5 Å². The number of ether oxygens (including phenoxy) is 3. The van der Waals surface area contributed by atoms with Crippen molar-refractivity contribution < 1.29 is 38.2 Å². The van der Waals surface area contributed by atoms with Gasteiger partial charge in [0.1, 0.15) is 23.9 Å². The normalized spacial score (nSPS) is 18.8. The van der Waals surface area contributed by atoms with Crippen molar-refractivity contribution in [3.05, 3.63) is 89.5 Å². The summed E-state index contributed by atoms with van der Waals surface area (Å²) in [7, 11) is 3.13. The van der Waals surface area contributed by atoms with E-state index in [1.165, 1.54) is 0 Å². The number of hydrogen-bond acceptors (Lipinski definition) is 8. The Hall–Kier alpha value is -5.59. The van der Waals surface area contributed by atoms with Crippen molar-refractivity contribution in [3.8, 4) is 17.2 Å². The molecule has 5 N–H and O–H groups in total. The monoisotopic (exact) mass is 729 g/mol. The summed E-state index contributed by atoms with van der Waals surface area (Å²) in [6, 6.07) is 18.4. The molecule has 3 aromatic rings. The molecule has 5 amide bonds. The van der Waals surface area contributed by atoms with Crippen LogP contribution in [0.1, 0.15) is 61.0 Å². The van der Waals surface area contributed by atoms with Gasteiger partial charge >= 0.3 is 0 Å². The Morgan fingerprint density at radius 2 is 1.58 bits per heavy atom. The minimum atomic E-state index is -1.27. The van der Waals surface area contributed by atoms with Gasteiger partial charge in [0.05, 0.1) is 32.8 Å². The largest absolute Gasteiger partial charge is 0.493 e.